The van der Waals surface area contributed by atoms with E-state index in [1.54, 1.807) is 12.7 Å². The number of hydrogen-bond acceptors (Lipinski definition) is 4. The SMILES string of the molecule is COc1ccc2c(c1)C(=C1CCN(C)CC1)c1sccc1CO2. The zero-order chi connectivity index (χ0) is 15.8. The van der Waals surface area contributed by atoms with Crippen LogP contribution in [0.4, 0.5) is 0 Å². The minimum absolute atomic E-state index is 0.648. The Bertz CT molecular complexity index is 752. The van der Waals surface area contributed by atoms with E-state index in [4.69, 9.17) is 9.47 Å². The van der Waals surface area contributed by atoms with Gasteiger partial charge in [0.25, 0.3) is 0 Å². The van der Waals surface area contributed by atoms with E-state index in [0.29, 0.717) is 6.61 Å². The van der Waals surface area contributed by atoms with Crippen molar-refractivity contribution in [1.29, 1.82) is 0 Å². The highest BCUT2D eigenvalue weighted by Gasteiger charge is 2.25. The molecule has 0 radical (unpaired) electrons. The maximum atomic E-state index is 6.08. The van der Waals surface area contributed by atoms with Crippen LogP contribution in [0.2, 0.25) is 0 Å². The van der Waals surface area contributed by atoms with E-state index >= 15 is 0 Å². The van der Waals surface area contributed by atoms with Crippen LogP contribution >= 0.6 is 11.3 Å². The molecule has 1 aromatic heterocycles. The van der Waals surface area contributed by atoms with Crippen molar-refractivity contribution in [2.75, 3.05) is 27.2 Å². The number of hydrogen-bond donors (Lipinski definition) is 0. The van der Waals surface area contributed by atoms with E-state index in [1.165, 1.54) is 21.6 Å². The molecule has 0 saturated carbocycles. The second kappa shape index (κ2) is 6.02. The lowest BCUT2D eigenvalue weighted by Crippen LogP contribution is -2.26. The van der Waals surface area contributed by atoms with Crippen LogP contribution in [0.3, 0.4) is 0 Å². The van der Waals surface area contributed by atoms with Crippen LogP contribution in [-0.4, -0.2) is 32.1 Å². The van der Waals surface area contributed by atoms with Crippen molar-refractivity contribution in [1.82, 2.24) is 4.90 Å². The highest BCUT2D eigenvalue weighted by Crippen LogP contribution is 2.44. The predicted octanol–water partition coefficient (Wildman–Crippen LogP) is 4.18. The fraction of sp³-hybridized carbons (Fsp3) is 0.368. The number of nitrogens with zero attached hydrogens (tertiary/aromatic N) is 1. The van der Waals surface area contributed by atoms with Gasteiger partial charge in [-0.05, 0) is 49.5 Å². The molecule has 0 amide bonds. The summed E-state index contributed by atoms with van der Waals surface area (Å²) in [7, 11) is 3.92. The molecule has 1 fully saturated rings. The van der Waals surface area contributed by atoms with Crippen LogP contribution in [-0.2, 0) is 6.61 Å². The van der Waals surface area contributed by atoms with Gasteiger partial charge >= 0.3 is 0 Å². The van der Waals surface area contributed by atoms with Gasteiger partial charge in [0, 0.05) is 34.7 Å². The van der Waals surface area contributed by atoms with E-state index < -0.39 is 0 Å². The minimum atomic E-state index is 0.648. The molecule has 0 atom stereocenters. The van der Waals surface area contributed by atoms with Crippen LogP contribution < -0.4 is 9.47 Å². The Kier molecular flexibility index (Phi) is 3.87. The quantitative estimate of drug-likeness (QED) is 0.784. The molecule has 1 saturated heterocycles. The average Bonchev–Trinajstić information content (AvgIpc) is 2.98. The first kappa shape index (κ1) is 14.8. The van der Waals surface area contributed by atoms with Gasteiger partial charge in [0.2, 0.25) is 0 Å². The molecule has 4 heteroatoms. The number of rotatable bonds is 1. The molecule has 0 aliphatic carbocycles. The van der Waals surface area contributed by atoms with Crippen molar-refractivity contribution in [3.05, 3.63) is 51.2 Å². The van der Waals surface area contributed by atoms with Gasteiger partial charge in [0.15, 0.2) is 0 Å². The molecule has 0 bridgehead atoms. The van der Waals surface area contributed by atoms with Crippen molar-refractivity contribution in [3.8, 4) is 11.5 Å². The van der Waals surface area contributed by atoms with Gasteiger partial charge in [0.05, 0.1) is 7.11 Å². The van der Waals surface area contributed by atoms with Crippen molar-refractivity contribution in [2.45, 2.75) is 19.4 Å². The molecule has 0 N–H and O–H groups in total. The number of methoxy groups -OCH3 is 1. The summed E-state index contributed by atoms with van der Waals surface area (Å²) in [5, 5.41) is 2.18. The molecule has 2 aromatic rings. The predicted molar refractivity (Wildman–Crippen MR) is 94.4 cm³/mol. The lowest BCUT2D eigenvalue weighted by Gasteiger charge is -2.26. The largest absolute Gasteiger partial charge is 0.497 e. The van der Waals surface area contributed by atoms with E-state index in [1.807, 2.05) is 23.5 Å². The maximum Gasteiger partial charge on any atom is 0.127 e. The Morgan fingerprint density at radius 3 is 2.78 bits per heavy atom. The molecular weight excluding hydrogens is 306 g/mol. The first-order valence-electron chi connectivity index (χ1n) is 8.05. The Labute approximate surface area is 141 Å². The van der Waals surface area contributed by atoms with Gasteiger partial charge in [-0.25, -0.2) is 0 Å². The van der Waals surface area contributed by atoms with Gasteiger partial charge < -0.3 is 14.4 Å². The fourth-order valence-electron chi connectivity index (χ4n) is 3.39. The lowest BCUT2D eigenvalue weighted by atomic mass is 9.91. The summed E-state index contributed by atoms with van der Waals surface area (Å²) in [5.41, 5.74) is 5.41. The minimum Gasteiger partial charge on any atom is -0.497 e. The summed E-state index contributed by atoms with van der Waals surface area (Å²) >= 11 is 1.83. The van der Waals surface area contributed by atoms with Crippen LogP contribution in [0.1, 0.15) is 28.8 Å². The van der Waals surface area contributed by atoms with E-state index in [2.05, 4.69) is 29.5 Å². The first-order chi connectivity index (χ1) is 11.3. The molecule has 3 nitrogen and oxygen atoms in total. The number of piperidine rings is 1. The summed E-state index contributed by atoms with van der Waals surface area (Å²) in [6, 6.07) is 8.35. The third-order valence-electron chi connectivity index (χ3n) is 4.76. The zero-order valence-corrected chi connectivity index (χ0v) is 14.4. The molecule has 23 heavy (non-hydrogen) atoms. The van der Waals surface area contributed by atoms with Gasteiger partial charge in [-0.2, -0.15) is 0 Å². The van der Waals surface area contributed by atoms with Gasteiger partial charge in [-0.15, -0.1) is 11.3 Å². The fourth-order valence-corrected chi connectivity index (χ4v) is 4.41. The van der Waals surface area contributed by atoms with Gasteiger partial charge in [0.1, 0.15) is 18.1 Å². The Morgan fingerprint density at radius 1 is 1.17 bits per heavy atom. The maximum absolute atomic E-state index is 6.08. The summed E-state index contributed by atoms with van der Waals surface area (Å²) in [4.78, 5) is 3.77. The molecule has 4 rings (SSSR count). The monoisotopic (exact) mass is 327 g/mol. The topological polar surface area (TPSA) is 21.7 Å². The molecule has 3 heterocycles. The molecule has 120 valence electrons. The van der Waals surface area contributed by atoms with E-state index in [0.717, 1.165) is 37.4 Å². The normalized spacial score (nSPS) is 18.0. The van der Waals surface area contributed by atoms with E-state index in [-0.39, 0.29) is 0 Å². The summed E-state index contributed by atoms with van der Waals surface area (Å²) in [5.74, 6) is 1.86. The zero-order valence-electron chi connectivity index (χ0n) is 13.6. The molecule has 1 aromatic carbocycles. The molecule has 2 aliphatic rings. The standard InChI is InChI=1S/C19H21NO2S/c1-20-8-5-13(6-9-20)18-16-11-15(21-2)3-4-17(16)22-12-14-7-10-23-19(14)18/h3-4,7,10-11H,5-6,8-9,12H2,1-2H3. The number of fused-ring (bicyclic) bond motifs is 2. The van der Waals surface area contributed by atoms with Crippen LogP contribution in [0.25, 0.3) is 5.57 Å². The Morgan fingerprint density at radius 2 is 2.00 bits per heavy atom. The third kappa shape index (κ3) is 2.66. The van der Waals surface area contributed by atoms with Gasteiger partial charge in [-0.1, -0.05) is 5.57 Å². The summed E-state index contributed by atoms with van der Waals surface area (Å²) < 4.78 is 11.5. The van der Waals surface area contributed by atoms with Crippen LogP contribution in [0, 0.1) is 0 Å². The van der Waals surface area contributed by atoms with Crippen molar-refractivity contribution >= 4 is 16.9 Å². The van der Waals surface area contributed by atoms with Crippen molar-refractivity contribution < 1.29 is 9.47 Å². The molecular formula is C19H21NO2S. The second-order valence-corrected chi connectivity index (χ2v) is 7.12. The summed E-state index contributed by atoms with van der Waals surface area (Å²) in [6.07, 6.45) is 2.25. The number of likely N-dealkylation sites (tertiary alicyclic amines) is 1. The number of ether oxygens (including phenoxy) is 2. The molecule has 0 unspecified atom stereocenters. The first-order valence-corrected chi connectivity index (χ1v) is 8.93. The summed E-state index contributed by atoms with van der Waals surface area (Å²) in [6.45, 7) is 2.90. The van der Waals surface area contributed by atoms with Crippen LogP contribution in [0.15, 0.2) is 35.2 Å². The van der Waals surface area contributed by atoms with Crippen molar-refractivity contribution in [3.63, 3.8) is 0 Å². The molecule has 0 spiro atoms. The Hall–Kier alpha value is -1.78. The van der Waals surface area contributed by atoms with Crippen LogP contribution in [0.5, 0.6) is 11.5 Å². The van der Waals surface area contributed by atoms with Gasteiger partial charge in [-0.3, -0.25) is 0 Å². The molecule has 2 aliphatic heterocycles. The highest BCUT2D eigenvalue weighted by molar-refractivity contribution is 7.11. The van der Waals surface area contributed by atoms with Crippen molar-refractivity contribution in [2.24, 2.45) is 0 Å². The lowest BCUT2D eigenvalue weighted by molar-refractivity contribution is 0.306. The number of benzene rings is 1. The smallest absolute Gasteiger partial charge is 0.127 e. The van der Waals surface area contributed by atoms with E-state index in [9.17, 15) is 0 Å². The number of thiophene rings is 1. The average molecular weight is 327 g/mol. The second-order valence-electron chi connectivity index (χ2n) is 6.21. The highest BCUT2D eigenvalue weighted by atomic mass is 32.1. The Balaban J connectivity index is 1.92. The third-order valence-corrected chi connectivity index (χ3v) is 5.73.